The number of piperidine rings is 1. The highest BCUT2D eigenvalue weighted by molar-refractivity contribution is 5.97. The van der Waals surface area contributed by atoms with Gasteiger partial charge in [-0.05, 0) is 57.0 Å². The standard InChI is InChI=1S/C19H29N3O2/c1-3-7-18(23)20-16-9-5-8-15(13-16)19(24)21-17-10-6-12-22(14-17)11-4-2/h5,8-9,13,17H,3-4,6-7,10-12,14H2,1-2H3,(H,20,23)(H,21,24). The van der Waals surface area contributed by atoms with Gasteiger partial charge >= 0.3 is 0 Å². The zero-order valence-electron chi connectivity index (χ0n) is 14.8. The largest absolute Gasteiger partial charge is 0.348 e. The zero-order valence-corrected chi connectivity index (χ0v) is 14.8. The molecule has 1 aliphatic rings. The van der Waals surface area contributed by atoms with E-state index in [1.54, 1.807) is 18.2 Å². The minimum absolute atomic E-state index is 0.0162. The van der Waals surface area contributed by atoms with Crippen LogP contribution >= 0.6 is 0 Å². The Labute approximate surface area is 144 Å². The Morgan fingerprint density at radius 1 is 1.25 bits per heavy atom. The quantitative estimate of drug-likeness (QED) is 0.807. The van der Waals surface area contributed by atoms with E-state index in [-0.39, 0.29) is 17.9 Å². The fourth-order valence-corrected chi connectivity index (χ4v) is 3.15. The first kappa shape index (κ1) is 18.5. The van der Waals surface area contributed by atoms with Crippen molar-refractivity contribution in [1.29, 1.82) is 0 Å². The Morgan fingerprint density at radius 3 is 2.83 bits per heavy atom. The van der Waals surface area contributed by atoms with Crippen LogP contribution in [0.5, 0.6) is 0 Å². The first-order valence-corrected chi connectivity index (χ1v) is 9.05. The summed E-state index contributed by atoms with van der Waals surface area (Å²) in [5.41, 5.74) is 1.27. The van der Waals surface area contributed by atoms with E-state index in [0.29, 0.717) is 17.7 Å². The van der Waals surface area contributed by atoms with E-state index in [9.17, 15) is 9.59 Å². The molecule has 1 heterocycles. The Morgan fingerprint density at radius 2 is 2.08 bits per heavy atom. The molecule has 1 aromatic rings. The first-order chi connectivity index (χ1) is 11.6. The lowest BCUT2D eigenvalue weighted by Crippen LogP contribution is -2.47. The molecule has 5 heteroatoms. The molecule has 0 radical (unpaired) electrons. The summed E-state index contributed by atoms with van der Waals surface area (Å²) in [6.07, 6.45) is 4.59. The third kappa shape index (κ3) is 5.64. The summed E-state index contributed by atoms with van der Waals surface area (Å²) in [7, 11) is 0. The van der Waals surface area contributed by atoms with Gasteiger partial charge in [-0.2, -0.15) is 0 Å². The number of hydrogen-bond acceptors (Lipinski definition) is 3. The van der Waals surface area contributed by atoms with E-state index < -0.39 is 0 Å². The molecule has 1 aromatic carbocycles. The second-order valence-corrected chi connectivity index (χ2v) is 6.49. The van der Waals surface area contributed by atoms with Gasteiger partial charge < -0.3 is 15.5 Å². The maximum atomic E-state index is 12.5. The molecule has 0 saturated carbocycles. The van der Waals surface area contributed by atoms with Crippen molar-refractivity contribution in [2.75, 3.05) is 25.0 Å². The smallest absolute Gasteiger partial charge is 0.251 e. The van der Waals surface area contributed by atoms with Crippen LogP contribution in [-0.2, 0) is 4.79 Å². The second-order valence-electron chi connectivity index (χ2n) is 6.49. The molecule has 0 aliphatic carbocycles. The molecule has 0 spiro atoms. The SMILES string of the molecule is CCCC(=O)Nc1cccc(C(=O)NC2CCCN(CCC)C2)c1. The van der Waals surface area contributed by atoms with Crippen LogP contribution in [0.3, 0.4) is 0 Å². The summed E-state index contributed by atoms with van der Waals surface area (Å²) in [6.45, 7) is 7.28. The molecule has 0 aromatic heterocycles. The highest BCUT2D eigenvalue weighted by Gasteiger charge is 2.21. The molecular formula is C19H29N3O2. The first-order valence-electron chi connectivity index (χ1n) is 9.05. The summed E-state index contributed by atoms with van der Waals surface area (Å²) in [5.74, 6) is -0.0810. The van der Waals surface area contributed by atoms with Gasteiger partial charge in [-0.15, -0.1) is 0 Å². The van der Waals surface area contributed by atoms with Gasteiger partial charge in [0.1, 0.15) is 0 Å². The number of nitrogens with zero attached hydrogens (tertiary/aromatic N) is 1. The minimum atomic E-state index is -0.0649. The molecule has 1 aliphatic heterocycles. The number of benzene rings is 1. The van der Waals surface area contributed by atoms with Crippen LogP contribution in [0.2, 0.25) is 0 Å². The van der Waals surface area contributed by atoms with E-state index in [1.165, 1.54) is 0 Å². The summed E-state index contributed by atoms with van der Waals surface area (Å²) in [4.78, 5) is 26.6. The number of nitrogens with one attached hydrogen (secondary N) is 2. The predicted octanol–water partition coefficient (Wildman–Crippen LogP) is 3.03. The summed E-state index contributed by atoms with van der Waals surface area (Å²) < 4.78 is 0. The van der Waals surface area contributed by atoms with Crippen LogP contribution in [0, 0.1) is 0 Å². The highest BCUT2D eigenvalue weighted by Crippen LogP contribution is 2.14. The topological polar surface area (TPSA) is 61.4 Å². The lowest BCUT2D eigenvalue weighted by atomic mass is 10.0. The summed E-state index contributed by atoms with van der Waals surface area (Å²) in [6, 6.07) is 7.36. The lowest BCUT2D eigenvalue weighted by molar-refractivity contribution is -0.116. The van der Waals surface area contributed by atoms with E-state index in [1.807, 2.05) is 13.0 Å². The Bertz CT molecular complexity index is 557. The summed E-state index contributed by atoms with van der Waals surface area (Å²) >= 11 is 0. The van der Waals surface area contributed by atoms with Gasteiger partial charge in [0.2, 0.25) is 5.91 Å². The minimum Gasteiger partial charge on any atom is -0.348 e. The molecule has 1 unspecified atom stereocenters. The maximum absolute atomic E-state index is 12.5. The van der Waals surface area contributed by atoms with E-state index in [0.717, 1.165) is 45.3 Å². The zero-order chi connectivity index (χ0) is 17.4. The van der Waals surface area contributed by atoms with Crippen LogP contribution in [-0.4, -0.2) is 42.4 Å². The van der Waals surface area contributed by atoms with Crippen molar-refractivity contribution in [2.45, 2.75) is 52.0 Å². The van der Waals surface area contributed by atoms with E-state index in [2.05, 4.69) is 22.5 Å². The van der Waals surface area contributed by atoms with Crippen molar-refractivity contribution in [3.8, 4) is 0 Å². The molecule has 0 bridgehead atoms. The van der Waals surface area contributed by atoms with E-state index in [4.69, 9.17) is 0 Å². The molecule has 2 amide bonds. The number of anilines is 1. The maximum Gasteiger partial charge on any atom is 0.251 e. The second kappa shape index (κ2) is 9.42. The molecule has 5 nitrogen and oxygen atoms in total. The third-order valence-electron chi connectivity index (χ3n) is 4.27. The molecule has 1 atom stereocenters. The number of hydrogen-bond donors (Lipinski definition) is 2. The predicted molar refractivity (Wildman–Crippen MR) is 97.2 cm³/mol. The van der Waals surface area contributed by atoms with Gasteiger partial charge in [0.25, 0.3) is 5.91 Å². The van der Waals surface area contributed by atoms with Crippen molar-refractivity contribution in [2.24, 2.45) is 0 Å². The molecule has 2 rings (SSSR count). The van der Waals surface area contributed by atoms with Crippen molar-refractivity contribution in [1.82, 2.24) is 10.2 Å². The van der Waals surface area contributed by atoms with Crippen LogP contribution in [0.1, 0.15) is 56.3 Å². The number of carbonyl (C=O) groups is 2. The van der Waals surface area contributed by atoms with Crippen molar-refractivity contribution in [3.63, 3.8) is 0 Å². The molecule has 132 valence electrons. The van der Waals surface area contributed by atoms with Gasteiger partial charge in [-0.25, -0.2) is 0 Å². The van der Waals surface area contributed by atoms with Crippen LogP contribution in [0.15, 0.2) is 24.3 Å². The Hall–Kier alpha value is -1.88. The van der Waals surface area contributed by atoms with Gasteiger partial charge in [-0.1, -0.05) is 19.9 Å². The number of likely N-dealkylation sites (tertiary alicyclic amines) is 1. The third-order valence-corrected chi connectivity index (χ3v) is 4.27. The average Bonchev–Trinajstić information content (AvgIpc) is 2.56. The molecule has 2 N–H and O–H groups in total. The highest BCUT2D eigenvalue weighted by atomic mass is 16.2. The number of amides is 2. The van der Waals surface area contributed by atoms with E-state index >= 15 is 0 Å². The van der Waals surface area contributed by atoms with Crippen LogP contribution < -0.4 is 10.6 Å². The fraction of sp³-hybridized carbons (Fsp3) is 0.579. The molecule has 24 heavy (non-hydrogen) atoms. The van der Waals surface area contributed by atoms with Gasteiger partial charge in [0.05, 0.1) is 0 Å². The Kier molecular flexibility index (Phi) is 7.25. The fourth-order valence-electron chi connectivity index (χ4n) is 3.15. The van der Waals surface area contributed by atoms with Crippen LogP contribution in [0.25, 0.3) is 0 Å². The van der Waals surface area contributed by atoms with Gasteiger partial charge in [0.15, 0.2) is 0 Å². The monoisotopic (exact) mass is 331 g/mol. The molecule has 1 saturated heterocycles. The van der Waals surface area contributed by atoms with Crippen molar-refractivity contribution < 1.29 is 9.59 Å². The Balaban J connectivity index is 1.93. The number of carbonyl (C=O) groups excluding carboxylic acids is 2. The van der Waals surface area contributed by atoms with Crippen molar-refractivity contribution >= 4 is 17.5 Å². The summed E-state index contributed by atoms with van der Waals surface area (Å²) in [5, 5.41) is 5.97. The van der Waals surface area contributed by atoms with Crippen molar-refractivity contribution in [3.05, 3.63) is 29.8 Å². The van der Waals surface area contributed by atoms with Crippen LogP contribution in [0.4, 0.5) is 5.69 Å². The van der Waals surface area contributed by atoms with Gasteiger partial charge in [0, 0.05) is 30.3 Å². The lowest BCUT2D eigenvalue weighted by Gasteiger charge is -2.32. The number of rotatable bonds is 7. The average molecular weight is 331 g/mol. The molecule has 1 fully saturated rings. The molecular weight excluding hydrogens is 302 g/mol. The van der Waals surface area contributed by atoms with Gasteiger partial charge in [-0.3, -0.25) is 9.59 Å². The normalized spacial score (nSPS) is 18.2.